The number of primary sulfonamides is 1. The molecule has 1 aliphatic carbocycles. The minimum atomic E-state index is -3.67. The first-order valence-electron chi connectivity index (χ1n) is 5.48. The maximum absolute atomic E-state index is 11.0. The van der Waals surface area contributed by atoms with E-state index in [1.165, 1.54) is 12.3 Å². The maximum atomic E-state index is 11.0. The van der Waals surface area contributed by atoms with Crippen LogP contribution in [0, 0.1) is 0 Å². The van der Waals surface area contributed by atoms with E-state index in [9.17, 15) is 8.42 Å². The predicted octanol–water partition coefficient (Wildman–Crippen LogP) is 0.0207. The summed E-state index contributed by atoms with van der Waals surface area (Å²) in [6, 6.07) is 3.38. The molecule has 1 aromatic rings. The summed E-state index contributed by atoms with van der Waals surface area (Å²) < 4.78 is 22.1. The first-order valence-corrected chi connectivity index (χ1v) is 7.02. The summed E-state index contributed by atoms with van der Waals surface area (Å²) in [6.45, 7) is 0. The maximum Gasteiger partial charge on any atom is 0.239 e. The Morgan fingerprint density at radius 1 is 1.35 bits per heavy atom. The van der Waals surface area contributed by atoms with Crippen molar-refractivity contribution in [1.29, 1.82) is 0 Å². The fraction of sp³-hybridized carbons (Fsp3) is 0.500. The molecule has 0 radical (unpaired) electrons. The number of hydrogen-bond donors (Lipinski definition) is 3. The Balaban J connectivity index is 2.08. The van der Waals surface area contributed by atoms with Crippen LogP contribution in [0.25, 0.3) is 0 Å². The fourth-order valence-electron chi connectivity index (χ4n) is 1.99. The molecule has 0 aliphatic heterocycles. The van der Waals surface area contributed by atoms with Gasteiger partial charge in [0.1, 0.15) is 10.7 Å². The number of sulfonamides is 1. The SMILES string of the molecule is NC1CCCC1Nc1ccc(S(N)(=O)=O)cn1. The first-order chi connectivity index (χ1) is 7.97. The van der Waals surface area contributed by atoms with Gasteiger partial charge in [-0.15, -0.1) is 0 Å². The van der Waals surface area contributed by atoms with Crippen LogP contribution in [0.15, 0.2) is 23.2 Å². The summed E-state index contributed by atoms with van der Waals surface area (Å²) in [5, 5.41) is 8.18. The van der Waals surface area contributed by atoms with E-state index in [1.807, 2.05) is 0 Å². The zero-order valence-electron chi connectivity index (χ0n) is 9.33. The predicted molar refractivity (Wildman–Crippen MR) is 64.8 cm³/mol. The number of rotatable bonds is 3. The molecule has 94 valence electrons. The molecule has 0 bridgehead atoms. The van der Waals surface area contributed by atoms with Crippen molar-refractivity contribution in [3.63, 3.8) is 0 Å². The molecule has 2 unspecified atom stereocenters. The molecule has 1 aromatic heterocycles. The quantitative estimate of drug-likeness (QED) is 0.706. The first kappa shape index (κ1) is 12.3. The second-order valence-corrected chi connectivity index (χ2v) is 5.83. The molecule has 17 heavy (non-hydrogen) atoms. The van der Waals surface area contributed by atoms with Crippen LogP contribution in [0.3, 0.4) is 0 Å². The third kappa shape index (κ3) is 2.93. The van der Waals surface area contributed by atoms with Crippen molar-refractivity contribution in [3.8, 4) is 0 Å². The van der Waals surface area contributed by atoms with Gasteiger partial charge in [0, 0.05) is 18.3 Å². The Morgan fingerprint density at radius 3 is 2.59 bits per heavy atom. The molecule has 7 heteroatoms. The Labute approximate surface area is 100 Å². The van der Waals surface area contributed by atoms with E-state index >= 15 is 0 Å². The highest BCUT2D eigenvalue weighted by molar-refractivity contribution is 7.89. The third-order valence-electron chi connectivity index (χ3n) is 2.97. The highest BCUT2D eigenvalue weighted by atomic mass is 32.2. The molecule has 2 atom stereocenters. The van der Waals surface area contributed by atoms with Crippen LogP contribution >= 0.6 is 0 Å². The molecule has 0 amide bonds. The average molecular weight is 256 g/mol. The lowest BCUT2D eigenvalue weighted by molar-refractivity contribution is 0.597. The van der Waals surface area contributed by atoms with Crippen LogP contribution in [0.2, 0.25) is 0 Å². The van der Waals surface area contributed by atoms with E-state index in [4.69, 9.17) is 10.9 Å². The smallest absolute Gasteiger partial charge is 0.239 e. The molecular weight excluding hydrogens is 240 g/mol. The van der Waals surface area contributed by atoms with Crippen LogP contribution in [0.4, 0.5) is 5.82 Å². The van der Waals surface area contributed by atoms with E-state index in [-0.39, 0.29) is 17.0 Å². The van der Waals surface area contributed by atoms with Gasteiger partial charge in [0.15, 0.2) is 0 Å². The Morgan fingerprint density at radius 2 is 2.12 bits per heavy atom. The molecule has 1 heterocycles. The van der Waals surface area contributed by atoms with Crippen molar-refractivity contribution in [3.05, 3.63) is 18.3 Å². The summed E-state index contributed by atoms with van der Waals surface area (Å²) >= 11 is 0. The fourth-order valence-corrected chi connectivity index (χ4v) is 2.45. The van der Waals surface area contributed by atoms with E-state index < -0.39 is 10.0 Å². The lowest BCUT2D eigenvalue weighted by atomic mass is 10.2. The van der Waals surface area contributed by atoms with Gasteiger partial charge in [0.2, 0.25) is 10.0 Å². The highest BCUT2D eigenvalue weighted by Crippen LogP contribution is 2.21. The molecule has 1 aliphatic rings. The van der Waals surface area contributed by atoms with Crippen molar-refractivity contribution in [1.82, 2.24) is 4.98 Å². The van der Waals surface area contributed by atoms with E-state index in [1.54, 1.807) is 6.07 Å². The summed E-state index contributed by atoms with van der Waals surface area (Å²) in [6.07, 6.45) is 4.37. The zero-order chi connectivity index (χ0) is 12.5. The lowest BCUT2D eigenvalue weighted by Gasteiger charge is -2.17. The Kier molecular flexibility index (Phi) is 3.32. The van der Waals surface area contributed by atoms with E-state index in [0.29, 0.717) is 5.82 Å². The average Bonchev–Trinajstić information content (AvgIpc) is 2.64. The van der Waals surface area contributed by atoms with Crippen molar-refractivity contribution >= 4 is 15.8 Å². The molecule has 1 fully saturated rings. The van der Waals surface area contributed by atoms with Gasteiger partial charge in [-0.3, -0.25) is 0 Å². The van der Waals surface area contributed by atoms with Crippen LogP contribution in [0.5, 0.6) is 0 Å². The van der Waals surface area contributed by atoms with Gasteiger partial charge >= 0.3 is 0 Å². The zero-order valence-corrected chi connectivity index (χ0v) is 10.2. The van der Waals surface area contributed by atoms with Gasteiger partial charge in [-0.2, -0.15) is 0 Å². The van der Waals surface area contributed by atoms with Gasteiger partial charge in [0.05, 0.1) is 0 Å². The molecule has 1 saturated carbocycles. The van der Waals surface area contributed by atoms with Crippen LogP contribution in [-0.4, -0.2) is 25.5 Å². The third-order valence-corrected chi connectivity index (χ3v) is 3.87. The molecule has 2 rings (SSSR count). The van der Waals surface area contributed by atoms with Gasteiger partial charge in [0.25, 0.3) is 0 Å². The molecule has 5 N–H and O–H groups in total. The van der Waals surface area contributed by atoms with E-state index in [2.05, 4.69) is 10.3 Å². The lowest BCUT2D eigenvalue weighted by Crippen LogP contribution is -2.35. The van der Waals surface area contributed by atoms with Crippen molar-refractivity contribution in [2.75, 3.05) is 5.32 Å². The number of hydrogen-bond acceptors (Lipinski definition) is 5. The van der Waals surface area contributed by atoms with Gasteiger partial charge in [-0.1, -0.05) is 0 Å². The summed E-state index contributed by atoms with van der Waals surface area (Å²) in [5.41, 5.74) is 5.92. The minimum absolute atomic E-state index is 0.0128. The van der Waals surface area contributed by atoms with Gasteiger partial charge in [-0.05, 0) is 31.4 Å². The molecule has 0 spiro atoms. The second-order valence-electron chi connectivity index (χ2n) is 4.27. The summed E-state index contributed by atoms with van der Waals surface area (Å²) in [4.78, 5) is 4.03. The van der Waals surface area contributed by atoms with Gasteiger partial charge in [-0.25, -0.2) is 18.5 Å². The van der Waals surface area contributed by atoms with Crippen molar-refractivity contribution < 1.29 is 8.42 Å². The molecule has 0 aromatic carbocycles. The van der Waals surface area contributed by atoms with Crippen LogP contribution < -0.4 is 16.2 Å². The Bertz CT molecular complexity index is 486. The normalized spacial score (nSPS) is 24.8. The number of nitrogens with one attached hydrogen (secondary N) is 1. The van der Waals surface area contributed by atoms with Crippen molar-refractivity contribution in [2.24, 2.45) is 10.9 Å². The number of aromatic nitrogens is 1. The number of nitrogens with zero attached hydrogens (tertiary/aromatic N) is 1. The van der Waals surface area contributed by atoms with Gasteiger partial charge < -0.3 is 11.1 Å². The largest absolute Gasteiger partial charge is 0.366 e. The van der Waals surface area contributed by atoms with Crippen LogP contribution in [0.1, 0.15) is 19.3 Å². The number of anilines is 1. The summed E-state index contributed by atoms with van der Waals surface area (Å²) in [5.74, 6) is 0.625. The van der Waals surface area contributed by atoms with E-state index in [0.717, 1.165) is 19.3 Å². The highest BCUT2D eigenvalue weighted by Gasteiger charge is 2.23. The topological polar surface area (TPSA) is 111 Å². The molecule has 0 saturated heterocycles. The number of pyridine rings is 1. The second kappa shape index (κ2) is 4.59. The number of nitrogens with two attached hydrogens (primary N) is 2. The summed E-state index contributed by atoms with van der Waals surface area (Å²) in [7, 11) is -3.67. The molecule has 6 nitrogen and oxygen atoms in total. The standard InChI is InChI=1S/C10H16N4O2S/c11-8-2-1-3-9(8)14-10-5-4-7(6-13-10)17(12,15)16/h4-6,8-9H,1-3,11H2,(H,13,14)(H2,12,15,16). The monoisotopic (exact) mass is 256 g/mol. The van der Waals surface area contributed by atoms with Crippen molar-refractivity contribution in [2.45, 2.75) is 36.2 Å². The van der Waals surface area contributed by atoms with Crippen LogP contribution in [-0.2, 0) is 10.0 Å². The Hall–Kier alpha value is -1.18. The molecular formula is C10H16N4O2S. The minimum Gasteiger partial charge on any atom is -0.366 e.